The van der Waals surface area contributed by atoms with Gasteiger partial charge in [-0.3, -0.25) is 4.79 Å². The average Bonchev–Trinajstić information content (AvgIpc) is 2.73. The number of ether oxygens (including phenoxy) is 1. The number of carbonyl (C=O) groups excluding carboxylic acids is 1. The van der Waals surface area contributed by atoms with Gasteiger partial charge < -0.3 is 10.1 Å². The van der Waals surface area contributed by atoms with Crippen molar-refractivity contribution in [2.75, 3.05) is 11.6 Å². The van der Waals surface area contributed by atoms with Crippen molar-refractivity contribution in [1.29, 1.82) is 4.78 Å². The monoisotopic (exact) mass is 492 g/mol. The van der Waals surface area contributed by atoms with Crippen molar-refractivity contribution in [3.05, 3.63) is 70.4 Å². The van der Waals surface area contributed by atoms with E-state index < -0.39 is 38.6 Å². The lowest BCUT2D eigenvalue weighted by Gasteiger charge is -2.16. The topological polar surface area (TPSA) is 105 Å². The third-order valence-electron chi connectivity index (χ3n) is 5.14. The fourth-order valence-corrected chi connectivity index (χ4v) is 4.01. The number of alkyl halides is 3. The zero-order valence-corrected chi connectivity index (χ0v) is 19.7. The van der Waals surface area contributed by atoms with Crippen LogP contribution in [0.4, 0.5) is 18.9 Å². The molecule has 0 bridgehead atoms. The van der Waals surface area contributed by atoms with Crippen LogP contribution in [0.2, 0.25) is 0 Å². The molecule has 1 atom stereocenters. The number of aryl methyl sites for hydroxylation is 2. The first-order valence-electron chi connectivity index (χ1n) is 10.2. The lowest BCUT2D eigenvalue weighted by molar-refractivity contribution is -0.142. The Labute approximate surface area is 195 Å². The minimum absolute atomic E-state index is 0.156. The molecule has 0 spiro atoms. The van der Waals surface area contributed by atoms with E-state index in [-0.39, 0.29) is 16.5 Å². The molecule has 180 valence electrons. The smallest absolute Gasteiger partial charge is 0.435 e. The first-order valence-corrected chi connectivity index (χ1v) is 12.1. The van der Waals surface area contributed by atoms with Gasteiger partial charge in [0.2, 0.25) is 0 Å². The van der Waals surface area contributed by atoms with Crippen LogP contribution in [0.25, 0.3) is 0 Å². The number of hydrogen-bond acceptors (Lipinski definition) is 6. The van der Waals surface area contributed by atoms with Crippen molar-refractivity contribution in [3.63, 3.8) is 0 Å². The molecule has 0 saturated carbocycles. The van der Waals surface area contributed by atoms with Gasteiger partial charge in [0.1, 0.15) is 11.3 Å². The summed E-state index contributed by atoms with van der Waals surface area (Å²) in [7, 11) is -3.07. The molecular formula is C23H23F3N4O3S. The van der Waals surface area contributed by atoms with Gasteiger partial charge in [0, 0.05) is 16.8 Å². The van der Waals surface area contributed by atoms with Crippen LogP contribution in [-0.4, -0.2) is 26.6 Å². The molecule has 0 radical (unpaired) electrons. The summed E-state index contributed by atoms with van der Waals surface area (Å²) < 4.78 is 65.9. The Bertz CT molecular complexity index is 1360. The highest BCUT2D eigenvalue weighted by molar-refractivity contribution is 7.91. The number of nitrogens with one attached hydrogen (secondary N) is 2. The summed E-state index contributed by atoms with van der Waals surface area (Å²) in [5, 5.41) is 9.31. The number of nitrogens with zero attached hydrogens (tertiary/aromatic N) is 2. The molecule has 1 heterocycles. The van der Waals surface area contributed by atoms with Crippen LogP contribution < -0.4 is 10.1 Å². The van der Waals surface area contributed by atoms with Crippen LogP contribution in [0.1, 0.15) is 39.7 Å². The molecule has 0 aliphatic rings. The predicted molar refractivity (Wildman–Crippen MR) is 122 cm³/mol. The number of aromatic nitrogens is 2. The largest absolute Gasteiger partial charge is 0.437 e. The van der Waals surface area contributed by atoms with Crippen LogP contribution in [-0.2, 0) is 22.3 Å². The summed E-state index contributed by atoms with van der Waals surface area (Å²) in [5.41, 5.74) is -0.0498. The molecule has 2 N–H and O–H groups in total. The van der Waals surface area contributed by atoms with E-state index in [0.29, 0.717) is 12.2 Å². The third kappa shape index (κ3) is 5.53. The van der Waals surface area contributed by atoms with Crippen molar-refractivity contribution in [2.24, 2.45) is 0 Å². The minimum atomic E-state index is -4.83. The maximum absolute atomic E-state index is 13.5. The van der Waals surface area contributed by atoms with Crippen molar-refractivity contribution < 1.29 is 26.9 Å². The van der Waals surface area contributed by atoms with Gasteiger partial charge in [-0.1, -0.05) is 19.1 Å². The lowest BCUT2D eigenvalue weighted by atomic mass is 10.1. The van der Waals surface area contributed by atoms with E-state index in [1.54, 1.807) is 18.2 Å². The number of rotatable bonds is 6. The zero-order valence-electron chi connectivity index (χ0n) is 18.9. The van der Waals surface area contributed by atoms with Gasteiger partial charge >= 0.3 is 6.18 Å². The van der Waals surface area contributed by atoms with Gasteiger partial charge in [-0.15, -0.1) is 10.2 Å². The average molecular weight is 493 g/mol. The van der Waals surface area contributed by atoms with Crippen molar-refractivity contribution >= 4 is 21.3 Å². The molecule has 7 nitrogen and oxygen atoms in total. The van der Waals surface area contributed by atoms with E-state index in [2.05, 4.69) is 15.5 Å². The Hall–Kier alpha value is -3.47. The van der Waals surface area contributed by atoms with Crippen molar-refractivity contribution in [3.8, 4) is 11.6 Å². The SMILES string of the molecule is CCc1cc(Oc2nnc(C(F)(F)F)c(C)c2C(=O)Nc2cccc(S(C)(=N)=O)c2)ccc1C. The Morgan fingerprint density at radius 2 is 1.85 bits per heavy atom. The van der Waals surface area contributed by atoms with E-state index in [9.17, 15) is 22.2 Å². The first-order chi connectivity index (χ1) is 15.8. The molecule has 0 saturated heterocycles. The highest BCUT2D eigenvalue weighted by Gasteiger charge is 2.38. The lowest BCUT2D eigenvalue weighted by Crippen LogP contribution is -2.21. The van der Waals surface area contributed by atoms with Crippen LogP contribution in [0.3, 0.4) is 0 Å². The number of benzene rings is 2. The molecule has 1 unspecified atom stereocenters. The number of hydrogen-bond donors (Lipinski definition) is 2. The van der Waals surface area contributed by atoms with Crippen LogP contribution in [0.5, 0.6) is 11.6 Å². The van der Waals surface area contributed by atoms with E-state index in [0.717, 1.165) is 18.1 Å². The maximum atomic E-state index is 13.5. The fourth-order valence-electron chi connectivity index (χ4n) is 3.32. The van der Waals surface area contributed by atoms with Crippen LogP contribution in [0.15, 0.2) is 47.4 Å². The van der Waals surface area contributed by atoms with E-state index in [4.69, 9.17) is 9.52 Å². The molecular weight excluding hydrogens is 469 g/mol. The van der Waals surface area contributed by atoms with E-state index >= 15 is 0 Å². The molecule has 0 aliphatic carbocycles. The molecule has 1 aromatic heterocycles. The predicted octanol–water partition coefficient (Wildman–Crippen LogP) is 5.75. The number of anilines is 1. The minimum Gasteiger partial charge on any atom is -0.437 e. The van der Waals surface area contributed by atoms with Gasteiger partial charge in [0.15, 0.2) is 5.69 Å². The number of halogens is 3. The van der Waals surface area contributed by atoms with Crippen molar-refractivity contribution in [2.45, 2.75) is 38.3 Å². The van der Waals surface area contributed by atoms with Gasteiger partial charge in [0.25, 0.3) is 11.8 Å². The maximum Gasteiger partial charge on any atom is 0.435 e. The molecule has 3 rings (SSSR count). The Morgan fingerprint density at radius 3 is 2.47 bits per heavy atom. The van der Waals surface area contributed by atoms with Gasteiger partial charge in [-0.25, -0.2) is 8.99 Å². The zero-order chi connectivity index (χ0) is 25.3. The third-order valence-corrected chi connectivity index (χ3v) is 6.29. The summed E-state index contributed by atoms with van der Waals surface area (Å²) in [4.78, 5) is 13.3. The molecule has 0 aliphatic heterocycles. The Balaban J connectivity index is 2.07. The van der Waals surface area contributed by atoms with Crippen LogP contribution >= 0.6 is 0 Å². The highest BCUT2D eigenvalue weighted by atomic mass is 32.2. The summed E-state index contributed by atoms with van der Waals surface area (Å²) in [6.07, 6.45) is -2.90. The second-order valence-corrected chi connectivity index (χ2v) is 9.88. The van der Waals surface area contributed by atoms with Crippen molar-refractivity contribution in [1.82, 2.24) is 10.2 Å². The molecule has 3 aromatic rings. The summed E-state index contributed by atoms with van der Waals surface area (Å²) in [6, 6.07) is 10.9. The molecule has 34 heavy (non-hydrogen) atoms. The molecule has 2 aromatic carbocycles. The molecule has 0 fully saturated rings. The Kier molecular flexibility index (Phi) is 6.97. The summed E-state index contributed by atoms with van der Waals surface area (Å²) in [5.74, 6) is -1.00. The molecule has 1 amide bonds. The van der Waals surface area contributed by atoms with Gasteiger partial charge in [-0.2, -0.15) is 13.2 Å². The standard InChI is InChI=1S/C23H23F3N4O3S/c1-5-15-11-17(10-9-13(15)2)33-22-19(14(3)20(29-30-22)23(24,25)26)21(31)28-16-7-6-8-18(12-16)34(4,27)32/h6-12,27H,5H2,1-4H3,(H,28,31). The number of carbonyl (C=O) groups is 1. The van der Waals surface area contributed by atoms with Gasteiger partial charge in [0.05, 0.1) is 9.73 Å². The second-order valence-electron chi connectivity index (χ2n) is 7.72. The summed E-state index contributed by atoms with van der Waals surface area (Å²) in [6.45, 7) is 4.99. The van der Waals surface area contributed by atoms with Gasteiger partial charge in [-0.05, 0) is 67.3 Å². The fraction of sp³-hybridized carbons (Fsp3) is 0.261. The first kappa shape index (κ1) is 25.2. The second kappa shape index (κ2) is 9.41. The van der Waals surface area contributed by atoms with Crippen LogP contribution in [0, 0.1) is 18.6 Å². The quantitative estimate of drug-likeness (QED) is 0.456. The normalized spacial score (nSPS) is 13.3. The summed E-state index contributed by atoms with van der Waals surface area (Å²) >= 11 is 0. The highest BCUT2D eigenvalue weighted by Crippen LogP contribution is 2.35. The number of amides is 1. The van der Waals surface area contributed by atoms with E-state index in [1.807, 2.05) is 13.8 Å². The van der Waals surface area contributed by atoms with E-state index in [1.165, 1.54) is 30.5 Å². The Morgan fingerprint density at radius 1 is 1.15 bits per heavy atom. The molecule has 11 heteroatoms.